The van der Waals surface area contributed by atoms with E-state index in [0.717, 1.165) is 39.0 Å². The fraction of sp³-hybridized carbons (Fsp3) is 0.174. The van der Waals surface area contributed by atoms with Crippen LogP contribution in [0.2, 0.25) is 0 Å². The fourth-order valence-electron chi connectivity index (χ4n) is 3.44. The summed E-state index contributed by atoms with van der Waals surface area (Å²) in [6, 6.07) is 17.9. The number of fused-ring (bicyclic) bond motifs is 1. The Kier molecular flexibility index (Phi) is 4.89. The van der Waals surface area contributed by atoms with Crippen molar-refractivity contribution in [2.75, 3.05) is 0 Å². The first-order valence-electron chi connectivity index (χ1n) is 9.32. The van der Waals surface area contributed by atoms with Crippen molar-refractivity contribution in [2.45, 2.75) is 26.8 Å². The maximum Gasteiger partial charge on any atom is 0.224 e. The second kappa shape index (κ2) is 7.64. The molecule has 2 aromatic heterocycles. The van der Waals surface area contributed by atoms with Crippen LogP contribution in [0.25, 0.3) is 16.6 Å². The number of nitrogens with zero attached hydrogens (tertiary/aromatic N) is 3. The second-order valence-electron chi connectivity index (χ2n) is 6.89. The van der Waals surface area contributed by atoms with Gasteiger partial charge in [0.1, 0.15) is 0 Å². The van der Waals surface area contributed by atoms with E-state index in [0.29, 0.717) is 13.0 Å². The minimum absolute atomic E-state index is 0.000524. The summed E-state index contributed by atoms with van der Waals surface area (Å²) in [6.07, 6.45) is 3.99. The number of hydrogen-bond donors (Lipinski definition) is 1. The highest BCUT2D eigenvalue weighted by atomic mass is 16.1. The van der Waals surface area contributed by atoms with E-state index in [1.54, 1.807) is 10.9 Å². The van der Waals surface area contributed by atoms with Gasteiger partial charge in [-0.25, -0.2) is 4.68 Å². The van der Waals surface area contributed by atoms with Gasteiger partial charge >= 0.3 is 0 Å². The van der Waals surface area contributed by atoms with Gasteiger partial charge in [-0.1, -0.05) is 30.3 Å². The number of aryl methyl sites for hydroxylation is 2. The van der Waals surface area contributed by atoms with E-state index in [4.69, 9.17) is 0 Å². The third-order valence-electron chi connectivity index (χ3n) is 5.02. The third-order valence-corrected chi connectivity index (χ3v) is 5.02. The molecule has 2 aromatic carbocycles. The lowest BCUT2D eigenvalue weighted by molar-refractivity contribution is -0.120. The summed E-state index contributed by atoms with van der Waals surface area (Å²) in [5.41, 5.74) is 6.06. The number of rotatable bonds is 5. The summed E-state index contributed by atoms with van der Waals surface area (Å²) >= 11 is 0. The number of nitrogens with one attached hydrogen (secondary N) is 1. The number of pyridine rings is 1. The van der Waals surface area contributed by atoms with Crippen molar-refractivity contribution < 1.29 is 4.79 Å². The summed E-state index contributed by atoms with van der Waals surface area (Å²) in [5, 5.41) is 8.33. The van der Waals surface area contributed by atoms with Crippen LogP contribution < -0.4 is 5.32 Å². The van der Waals surface area contributed by atoms with Gasteiger partial charge in [-0.2, -0.15) is 5.10 Å². The second-order valence-corrected chi connectivity index (χ2v) is 6.89. The maximum absolute atomic E-state index is 12.5. The first kappa shape index (κ1) is 17.9. The van der Waals surface area contributed by atoms with Gasteiger partial charge in [-0.15, -0.1) is 0 Å². The van der Waals surface area contributed by atoms with Crippen LogP contribution >= 0.6 is 0 Å². The normalized spacial score (nSPS) is 10.9. The molecule has 5 nitrogen and oxygen atoms in total. The Morgan fingerprint density at radius 1 is 1.04 bits per heavy atom. The molecule has 0 aliphatic heterocycles. The van der Waals surface area contributed by atoms with Gasteiger partial charge in [0.25, 0.3) is 0 Å². The summed E-state index contributed by atoms with van der Waals surface area (Å²) in [5.74, 6) is -0.000524. The van der Waals surface area contributed by atoms with Gasteiger partial charge in [0.15, 0.2) is 0 Å². The minimum atomic E-state index is -0.000524. The molecule has 0 fully saturated rings. The van der Waals surface area contributed by atoms with E-state index in [1.165, 1.54) is 0 Å². The number of aromatic nitrogens is 3. The van der Waals surface area contributed by atoms with Crippen molar-refractivity contribution in [2.24, 2.45) is 0 Å². The third kappa shape index (κ3) is 3.64. The Labute approximate surface area is 164 Å². The van der Waals surface area contributed by atoms with Crippen molar-refractivity contribution in [3.63, 3.8) is 0 Å². The standard InChI is InChI=1S/C23H22N4O/c1-16-20-6-3-4-7-22(20)26-17(2)21(16)14-23(28)24-15-18-8-10-19(11-9-18)27-13-5-12-25-27/h3-13H,14-15H2,1-2H3,(H,24,28). The van der Waals surface area contributed by atoms with Crippen molar-refractivity contribution in [1.82, 2.24) is 20.1 Å². The monoisotopic (exact) mass is 370 g/mol. The van der Waals surface area contributed by atoms with Gasteiger partial charge in [-0.05, 0) is 54.8 Å². The quantitative estimate of drug-likeness (QED) is 0.580. The fourth-order valence-corrected chi connectivity index (χ4v) is 3.44. The zero-order valence-corrected chi connectivity index (χ0v) is 16.0. The molecular formula is C23H22N4O. The molecule has 28 heavy (non-hydrogen) atoms. The van der Waals surface area contributed by atoms with Gasteiger partial charge in [0, 0.05) is 30.0 Å². The maximum atomic E-state index is 12.5. The van der Waals surface area contributed by atoms with Crippen molar-refractivity contribution in [3.8, 4) is 5.69 Å². The highest BCUT2D eigenvalue weighted by Crippen LogP contribution is 2.22. The highest BCUT2D eigenvalue weighted by molar-refractivity contribution is 5.86. The van der Waals surface area contributed by atoms with E-state index >= 15 is 0 Å². The Balaban J connectivity index is 1.43. The molecule has 0 radical (unpaired) electrons. The number of para-hydroxylation sites is 1. The van der Waals surface area contributed by atoms with Gasteiger partial charge in [0.05, 0.1) is 17.6 Å². The molecule has 0 aliphatic carbocycles. The van der Waals surface area contributed by atoms with Crippen molar-refractivity contribution in [1.29, 1.82) is 0 Å². The predicted octanol–water partition coefficient (Wildman–Crippen LogP) is 3.90. The van der Waals surface area contributed by atoms with Crippen LogP contribution in [0.15, 0.2) is 67.0 Å². The molecule has 0 saturated heterocycles. The molecule has 140 valence electrons. The lowest BCUT2D eigenvalue weighted by Gasteiger charge is -2.13. The smallest absolute Gasteiger partial charge is 0.224 e. The highest BCUT2D eigenvalue weighted by Gasteiger charge is 2.13. The number of benzene rings is 2. The van der Waals surface area contributed by atoms with E-state index in [9.17, 15) is 4.79 Å². The molecule has 4 aromatic rings. The first-order valence-corrected chi connectivity index (χ1v) is 9.32. The van der Waals surface area contributed by atoms with Crippen LogP contribution in [-0.2, 0) is 17.8 Å². The van der Waals surface area contributed by atoms with Crippen LogP contribution in [0.4, 0.5) is 0 Å². The number of carbonyl (C=O) groups excluding carboxylic acids is 1. The van der Waals surface area contributed by atoms with Crippen LogP contribution in [0, 0.1) is 13.8 Å². The van der Waals surface area contributed by atoms with Crippen molar-refractivity contribution >= 4 is 16.8 Å². The molecular weight excluding hydrogens is 348 g/mol. The summed E-state index contributed by atoms with van der Waals surface area (Å²) in [7, 11) is 0. The van der Waals surface area contributed by atoms with E-state index in [1.807, 2.05) is 61.7 Å². The summed E-state index contributed by atoms with van der Waals surface area (Å²) in [4.78, 5) is 17.2. The Morgan fingerprint density at radius 3 is 2.57 bits per heavy atom. The molecule has 0 unspecified atom stereocenters. The van der Waals surface area contributed by atoms with Gasteiger partial charge in [-0.3, -0.25) is 9.78 Å². The van der Waals surface area contributed by atoms with Crippen LogP contribution in [0.1, 0.15) is 22.4 Å². The minimum Gasteiger partial charge on any atom is -0.352 e. The number of hydrogen-bond acceptors (Lipinski definition) is 3. The zero-order chi connectivity index (χ0) is 19.5. The topological polar surface area (TPSA) is 59.8 Å². The molecule has 0 atom stereocenters. The lowest BCUT2D eigenvalue weighted by atomic mass is 9.99. The molecule has 0 bridgehead atoms. The van der Waals surface area contributed by atoms with E-state index in [-0.39, 0.29) is 5.91 Å². The molecule has 0 spiro atoms. The lowest BCUT2D eigenvalue weighted by Crippen LogP contribution is -2.25. The molecule has 2 heterocycles. The van der Waals surface area contributed by atoms with E-state index < -0.39 is 0 Å². The van der Waals surface area contributed by atoms with Crippen LogP contribution in [0.5, 0.6) is 0 Å². The Hall–Kier alpha value is -3.47. The average Bonchev–Trinajstić information content (AvgIpc) is 3.25. The zero-order valence-electron chi connectivity index (χ0n) is 16.0. The SMILES string of the molecule is Cc1nc2ccccc2c(C)c1CC(=O)NCc1ccc(-n2cccn2)cc1. The molecule has 1 N–H and O–H groups in total. The van der Waals surface area contributed by atoms with Gasteiger partial charge in [0.2, 0.25) is 5.91 Å². The summed E-state index contributed by atoms with van der Waals surface area (Å²) in [6.45, 7) is 4.53. The largest absolute Gasteiger partial charge is 0.352 e. The molecule has 4 rings (SSSR count). The molecule has 0 aliphatic rings. The molecule has 5 heteroatoms. The molecule has 0 saturated carbocycles. The average molecular weight is 370 g/mol. The number of carbonyl (C=O) groups is 1. The number of amides is 1. The first-order chi connectivity index (χ1) is 13.6. The van der Waals surface area contributed by atoms with Crippen LogP contribution in [0.3, 0.4) is 0 Å². The summed E-state index contributed by atoms with van der Waals surface area (Å²) < 4.78 is 1.81. The predicted molar refractivity (Wildman–Crippen MR) is 110 cm³/mol. The Bertz CT molecular complexity index is 1120. The van der Waals surface area contributed by atoms with Gasteiger partial charge < -0.3 is 5.32 Å². The van der Waals surface area contributed by atoms with Crippen molar-refractivity contribution in [3.05, 3.63) is 89.4 Å². The Morgan fingerprint density at radius 2 is 1.82 bits per heavy atom. The van der Waals surface area contributed by atoms with Crippen LogP contribution in [-0.4, -0.2) is 20.7 Å². The molecule has 1 amide bonds. The van der Waals surface area contributed by atoms with E-state index in [2.05, 4.69) is 28.4 Å².